The van der Waals surface area contributed by atoms with Gasteiger partial charge in [-0.2, -0.15) is 0 Å². The number of aliphatic hydroxyl groups excluding tert-OH is 6. The molecule has 3 fully saturated rings. The highest BCUT2D eigenvalue weighted by Gasteiger charge is 2.55. The number of phenolic OH excluding ortho intramolecular Hbond substituents is 3. The molecule has 21 N–H and O–H groups in total. The number of likely N-dealkylation sites (N-methyl/N-ethyl adjacent to an activating group) is 1. The second kappa shape index (κ2) is 38.4. The maximum absolute atomic E-state index is 16.6. The Bertz CT molecular complexity index is 5350. The fourth-order valence-electron chi connectivity index (χ4n) is 17.0. The molecule has 11 bridgehead atoms. The fourth-order valence-corrected chi connectivity index (χ4v) is 17.5. The molecule has 40 heteroatoms. The number of primary amides is 1. The summed E-state index contributed by atoms with van der Waals surface area (Å²) in [4.78, 5) is 134. The normalized spacial score (nSPS) is 29.4. The van der Waals surface area contributed by atoms with Crippen molar-refractivity contribution in [2.24, 2.45) is 28.6 Å². The smallest absolute Gasteiger partial charge is 0.330 e. The van der Waals surface area contributed by atoms with Crippen LogP contribution in [-0.4, -0.2) is 214 Å². The number of amides is 7. The van der Waals surface area contributed by atoms with Crippen molar-refractivity contribution < 1.29 is 123 Å². The SMILES string of the molecule is CN[C@H](CC(C)C)C(=O)N[C@H]1C(=O)N[C@@H](CC(N)=O)C(=O)N[C@H]2C(=O)N[C@H]3C(=O)N[C@H](C(=O)N[C@H](C(=O)O)c4cc(O)cc(O)c4-c4cc3ccc4O)[C@H](O[C@@H]3C[C@@H](C)[C@H](O)[C@@](C)(N)C3)c3ccc(c(Cl)c3)Oc3cc2cc(c3O[C@@H]2O[C@H](CO)[C@@H](O)[C@H](O)[C@H]2O[C@H]2C[C@](C)(N(Cc3ccc(-c4ccc(Cl)cc4)cc3)N=O)[C@@H](O)[C@H](C)O2)Oc2ccc(cc2Cl)[C@H]1O. The monoisotopic (exact) mass is 1820 g/mol. The minimum absolute atomic E-state index is 0.0188. The van der Waals surface area contributed by atoms with E-state index in [-0.39, 0.29) is 54.2 Å². The predicted octanol–water partition coefficient (Wildman–Crippen LogP) is 5.55. The molecule has 0 spiro atoms. The summed E-state index contributed by atoms with van der Waals surface area (Å²) < 4.78 is 46.9. The largest absolute Gasteiger partial charge is 0.508 e. The maximum Gasteiger partial charge on any atom is 0.330 e. The molecule has 127 heavy (non-hydrogen) atoms. The quantitative estimate of drug-likeness (QED) is 0.0328. The molecule has 1 aliphatic carbocycles. The number of carbonyl (C=O) groups is 8. The second-order valence-corrected chi connectivity index (χ2v) is 34.8. The van der Waals surface area contributed by atoms with Gasteiger partial charge in [0.05, 0.1) is 64.8 Å². The van der Waals surface area contributed by atoms with Gasteiger partial charge in [-0.1, -0.05) is 110 Å². The van der Waals surface area contributed by atoms with Crippen LogP contribution in [-0.2, 0) is 63.8 Å². The number of aliphatic hydroxyl groups is 6. The second-order valence-electron chi connectivity index (χ2n) is 33.5. The Morgan fingerprint density at radius 2 is 1.29 bits per heavy atom. The number of nitroso groups, excluding NO2 is 1. The highest BCUT2D eigenvalue weighted by atomic mass is 35.5. The third-order valence-corrected chi connectivity index (χ3v) is 24.5. The topological polar surface area (TPSA) is 572 Å². The van der Waals surface area contributed by atoms with E-state index >= 15 is 24.0 Å². The van der Waals surface area contributed by atoms with Crippen LogP contribution in [0.15, 0.2) is 133 Å². The van der Waals surface area contributed by atoms with Gasteiger partial charge in [-0.25, -0.2) is 9.80 Å². The van der Waals surface area contributed by atoms with E-state index in [4.69, 9.17) is 79.4 Å². The Hall–Kier alpha value is -11.1. The lowest BCUT2D eigenvalue weighted by atomic mass is 9.74. The van der Waals surface area contributed by atoms with E-state index in [1.165, 1.54) is 51.2 Å². The predicted molar refractivity (Wildman–Crippen MR) is 453 cm³/mol. The van der Waals surface area contributed by atoms with Crippen LogP contribution in [0.2, 0.25) is 15.1 Å². The first-order chi connectivity index (χ1) is 60.1. The highest BCUT2D eigenvalue weighted by Crippen LogP contribution is 2.51. The van der Waals surface area contributed by atoms with Crippen LogP contribution in [0.1, 0.15) is 137 Å². The molecule has 7 aliphatic heterocycles. The number of nitrogens with two attached hydrogens (primary N) is 2. The lowest BCUT2D eigenvalue weighted by Gasteiger charge is -2.50. The molecule has 15 rings (SSSR count). The number of nitrogens with one attached hydrogen (secondary N) is 7. The summed E-state index contributed by atoms with van der Waals surface area (Å²) in [5.74, 6) is -16.8. The Morgan fingerprint density at radius 1 is 0.677 bits per heavy atom. The number of ether oxygens (including phenoxy) is 7. The van der Waals surface area contributed by atoms with E-state index in [1.54, 1.807) is 38.1 Å². The summed E-state index contributed by atoms with van der Waals surface area (Å²) in [6.45, 7) is 8.61. The summed E-state index contributed by atoms with van der Waals surface area (Å²) in [7, 11) is 1.47. The van der Waals surface area contributed by atoms with Crippen molar-refractivity contribution in [3.05, 3.63) is 181 Å². The van der Waals surface area contributed by atoms with Gasteiger partial charge in [-0.15, -0.1) is 4.91 Å². The van der Waals surface area contributed by atoms with Crippen LogP contribution >= 0.6 is 34.8 Å². The van der Waals surface area contributed by atoms with Crippen LogP contribution in [0.3, 0.4) is 0 Å². The van der Waals surface area contributed by atoms with E-state index in [1.807, 2.05) is 38.1 Å². The molecule has 7 heterocycles. The number of nitrogens with zero attached hydrogens (tertiary/aromatic N) is 2. The minimum Gasteiger partial charge on any atom is -0.508 e. The molecular formula is C87H98Cl3N11O26. The minimum atomic E-state index is -2.41. The lowest BCUT2D eigenvalue weighted by molar-refractivity contribution is -0.339. The van der Waals surface area contributed by atoms with E-state index in [9.17, 15) is 70.4 Å². The van der Waals surface area contributed by atoms with Gasteiger partial charge < -0.3 is 133 Å². The van der Waals surface area contributed by atoms with Gasteiger partial charge in [0, 0.05) is 39.7 Å². The van der Waals surface area contributed by atoms with Crippen molar-refractivity contribution in [2.45, 2.75) is 207 Å². The molecule has 0 aromatic heterocycles. The van der Waals surface area contributed by atoms with E-state index in [0.29, 0.717) is 10.6 Å². The van der Waals surface area contributed by atoms with Crippen LogP contribution in [0, 0.1) is 16.7 Å². The van der Waals surface area contributed by atoms with E-state index in [0.717, 1.165) is 64.7 Å². The van der Waals surface area contributed by atoms with Gasteiger partial charge >= 0.3 is 5.97 Å². The Morgan fingerprint density at radius 3 is 1.90 bits per heavy atom. The number of aromatic hydroxyl groups is 3. The zero-order valence-electron chi connectivity index (χ0n) is 69.4. The molecule has 678 valence electrons. The standard InChI is InChI=1S/C87H98Cl3N11O26/c1-36(2)22-53(93-7)78(112)98-68-70(107)43-15-20-57(51(89)25-43)123-59-27-45-28-60(74(59)127-85-75(72(109)71(108)61(35-102)125-85)126-63-33-87(6,77(111)38(4)121-63)101(100-120)34-39-8-10-40(11-9-39)41-12-17-46(88)18-13-41)124-58-21-16-44(26-52(58)90)73(122-48-23-37(3)76(110)86(5,92)32-48)69-83(117)97-67(84(118)119)50-29-47(103)30-56(105)64(50)49-24-42(14-19-55(49)104)65(80(114)99-69)96-81(115)66(45)95-79(113)54(31-62(91)106)94-82(68)116/h8-21,24-30,36-38,48,53-54,61,63,65-73,75-77,85,93,102-105,107-111H,22-23,31-35,92H2,1-7H3,(H2,91,106)(H,94,116)(H,95,113)(H,96,115)(H,97,117)(H,98,112)(H,99,114)(H,118,119)/t37-,38+,48-,53-,54+,61-,63+,65-,66-,67+,68-,69+,70-,71-,72+,73-,75-,76+,77+,85+,86+,87+/m1/s1. The van der Waals surface area contributed by atoms with Gasteiger partial charge in [0.2, 0.25) is 53.4 Å². The molecule has 7 amide bonds. The number of phenols is 3. The zero-order chi connectivity index (χ0) is 91.9. The number of halogens is 3. The molecule has 1 saturated carbocycles. The average Bonchev–Trinajstić information content (AvgIpc) is 0.764. The number of carbonyl (C=O) groups excluding carboxylic acids is 7. The Labute approximate surface area is 741 Å². The number of hydrogen-bond acceptors (Lipinski definition) is 28. The number of rotatable bonds is 20. The average molecular weight is 1820 g/mol. The number of carboxylic acids is 1. The molecule has 22 atom stereocenters. The van der Waals surface area contributed by atoms with Crippen molar-refractivity contribution in [1.29, 1.82) is 0 Å². The first-order valence-electron chi connectivity index (χ1n) is 40.7. The summed E-state index contributed by atoms with van der Waals surface area (Å²) in [5.41, 5.74) is 9.02. The Kier molecular flexibility index (Phi) is 28.3. The molecular weight excluding hydrogens is 1720 g/mol. The van der Waals surface area contributed by atoms with Crippen molar-refractivity contribution in [3.8, 4) is 68.2 Å². The van der Waals surface area contributed by atoms with Gasteiger partial charge in [0.15, 0.2) is 29.9 Å². The van der Waals surface area contributed by atoms with Crippen molar-refractivity contribution in [2.75, 3.05) is 13.7 Å². The van der Waals surface area contributed by atoms with Crippen molar-refractivity contribution in [1.82, 2.24) is 42.2 Å². The number of carboxylic acid groups (broad SMARTS) is 1. The molecule has 0 radical (unpaired) electrons. The van der Waals surface area contributed by atoms with Gasteiger partial charge in [0.1, 0.15) is 95.6 Å². The fraction of sp³-hybridized carbons (Fsp3) is 0.425. The van der Waals surface area contributed by atoms with E-state index in [2.05, 4.69) is 42.5 Å². The molecule has 7 aromatic rings. The van der Waals surface area contributed by atoms with Crippen LogP contribution < -0.4 is 62.9 Å². The highest BCUT2D eigenvalue weighted by molar-refractivity contribution is 6.32. The maximum atomic E-state index is 16.6. The number of aliphatic carboxylic acids is 1. The van der Waals surface area contributed by atoms with Gasteiger partial charge in [0.25, 0.3) is 0 Å². The lowest BCUT2D eigenvalue weighted by Crippen LogP contribution is -2.65. The van der Waals surface area contributed by atoms with Crippen molar-refractivity contribution in [3.63, 3.8) is 0 Å². The number of fused-ring (bicyclic) bond motifs is 15. The molecule has 2 saturated heterocycles. The molecule has 8 aliphatic rings. The first-order valence-corrected chi connectivity index (χ1v) is 41.9. The van der Waals surface area contributed by atoms with Gasteiger partial charge in [-0.3, -0.25) is 33.6 Å². The van der Waals surface area contributed by atoms with Crippen LogP contribution in [0.4, 0.5) is 0 Å². The van der Waals surface area contributed by atoms with Crippen molar-refractivity contribution >= 4 is 82.1 Å². The summed E-state index contributed by atoms with van der Waals surface area (Å²) in [5, 5.41) is 140. The zero-order valence-corrected chi connectivity index (χ0v) is 71.7. The van der Waals surface area contributed by atoms with E-state index < -0.39 is 272 Å². The number of benzene rings is 7. The number of hydrogen-bond donors (Lipinski definition) is 19. The third-order valence-electron chi connectivity index (χ3n) is 23.7. The Balaban J connectivity index is 1.02. The summed E-state index contributed by atoms with van der Waals surface area (Å²) >= 11 is 20.9. The molecule has 0 unspecified atom stereocenters. The summed E-state index contributed by atoms with van der Waals surface area (Å²) in [6.07, 6.45) is -22.1. The summed E-state index contributed by atoms with van der Waals surface area (Å²) in [6, 6.07) is 13.9. The van der Waals surface area contributed by atoms with Crippen LogP contribution in [0.25, 0.3) is 22.3 Å². The van der Waals surface area contributed by atoms with Gasteiger partial charge in [-0.05, 0) is 165 Å². The third kappa shape index (κ3) is 20.1. The first kappa shape index (κ1) is 93.5. The molecule has 7 aromatic carbocycles. The van der Waals surface area contributed by atoms with Crippen LogP contribution in [0.5, 0.6) is 46.0 Å². The molecule has 37 nitrogen and oxygen atoms in total.